The van der Waals surface area contributed by atoms with Gasteiger partial charge in [-0.05, 0) is 19.1 Å². The lowest BCUT2D eigenvalue weighted by Gasteiger charge is -1.95. The molecule has 0 saturated heterocycles. The Morgan fingerprint density at radius 2 is 2.36 bits per heavy atom. The van der Waals surface area contributed by atoms with E-state index >= 15 is 0 Å². The summed E-state index contributed by atoms with van der Waals surface area (Å²) in [6.07, 6.45) is 1.54. The second-order valence-corrected chi connectivity index (χ2v) is 2.50. The van der Waals surface area contributed by atoms with Crippen molar-refractivity contribution in [3.05, 3.63) is 29.6 Å². The number of rotatable bonds is 2. The number of alkyl halides is 1. The summed E-state index contributed by atoms with van der Waals surface area (Å²) in [5.41, 5.74) is 1.41. The van der Waals surface area contributed by atoms with Crippen LogP contribution < -0.4 is 0 Å². The molecule has 0 amide bonds. The SMILES string of the molecule is CC(=O)c1ccc(CCl)nc1. The molecule has 3 heteroatoms. The zero-order valence-corrected chi connectivity index (χ0v) is 6.93. The van der Waals surface area contributed by atoms with E-state index in [4.69, 9.17) is 11.6 Å². The van der Waals surface area contributed by atoms with Gasteiger partial charge in [0.2, 0.25) is 0 Å². The molecule has 0 aliphatic carbocycles. The van der Waals surface area contributed by atoms with Crippen molar-refractivity contribution in [2.75, 3.05) is 0 Å². The van der Waals surface area contributed by atoms with Gasteiger partial charge in [0.1, 0.15) is 0 Å². The van der Waals surface area contributed by atoms with Crippen molar-refractivity contribution in [3.8, 4) is 0 Å². The third-order valence-electron chi connectivity index (χ3n) is 1.37. The summed E-state index contributed by atoms with van der Waals surface area (Å²) in [5.74, 6) is 0.414. The summed E-state index contributed by atoms with van der Waals surface area (Å²) in [6, 6.07) is 3.48. The third kappa shape index (κ3) is 2.02. The molecule has 0 aliphatic rings. The fraction of sp³-hybridized carbons (Fsp3) is 0.250. The second-order valence-electron chi connectivity index (χ2n) is 2.23. The van der Waals surface area contributed by atoms with Gasteiger partial charge in [-0.3, -0.25) is 9.78 Å². The number of pyridine rings is 1. The number of ketones is 1. The fourth-order valence-corrected chi connectivity index (χ4v) is 0.870. The van der Waals surface area contributed by atoms with Gasteiger partial charge >= 0.3 is 0 Å². The van der Waals surface area contributed by atoms with Crippen molar-refractivity contribution in [2.45, 2.75) is 12.8 Å². The maximum atomic E-state index is 10.8. The predicted molar refractivity (Wildman–Crippen MR) is 43.8 cm³/mol. The first-order chi connectivity index (χ1) is 5.24. The Morgan fingerprint density at radius 1 is 1.64 bits per heavy atom. The molecule has 1 aromatic rings. The lowest BCUT2D eigenvalue weighted by atomic mass is 10.2. The van der Waals surface area contributed by atoms with Crippen LogP contribution in [0.1, 0.15) is 23.0 Å². The molecular weight excluding hydrogens is 162 g/mol. The predicted octanol–water partition coefficient (Wildman–Crippen LogP) is 2.02. The van der Waals surface area contributed by atoms with Crippen LogP contribution in [0.2, 0.25) is 0 Å². The Morgan fingerprint density at radius 3 is 2.73 bits per heavy atom. The molecule has 0 N–H and O–H groups in total. The number of carbonyl (C=O) groups excluding carboxylic acids is 1. The highest BCUT2D eigenvalue weighted by Gasteiger charge is 1.98. The van der Waals surface area contributed by atoms with E-state index in [1.807, 2.05) is 0 Å². The van der Waals surface area contributed by atoms with Crippen LogP contribution in [-0.4, -0.2) is 10.8 Å². The van der Waals surface area contributed by atoms with Crippen LogP contribution in [0.25, 0.3) is 0 Å². The average molecular weight is 170 g/mol. The van der Waals surface area contributed by atoms with Crippen LogP contribution in [0, 0.1) is 0 Å². The highest BCUT2D eigenvalue weighted by Crippen LogP contribution is 2.02. The minimum atomic E-state index is 0.0265. The molecule has 0 fully saturated rings. The van der Waals surface area contributed by atoms with Crippen molar-refractivity contribution >= 4 is 17.4 Å². The molecule has 0 radical (unpaired) electrons. The van der Waals surface area contributed by atoms with Gasteiger partial charge in [-0.2, -0.15) is 0 Å². The molecule has 0 aliphatic heterocycles. The molecule has 0 bridgehead atoms. The van der Waals surface area contributed by atoms with Crippen molar-refractivity contribution in [1.29, 1.82) is 0 Å². The van der Waals surface area contributed by atoms with Crippen LogP contribution in [0.3, 0.4) is 0 Å². The fourth-order valence-electron chi connectivity index (χ4n) is 0.712. The number of halogens is 1. The monoisotopic (exact) mass is 169 g/mol. The normalized spacial score (nSPS) is 9.64. The van der Waals surface area contributed by atoms with E-state index in [9.17, 15) is 4.79 Å². The summed E-state index contributed by atoms with van der Waals surface area (Å²) >= 11 is 5.51. The molecule has 1 heterocycles. The van der Waals surface area contributed by atoms with Crippen LogP contribution in [0.15, 0.2) is 18.3 Å². The lowest BCUT2D eigenvalue weighted by Crippen LogP contribution is -1.94. The van der Waals surface area contributed by atoms with E-state index in [0.717, 1.165) is 5.69 Å². The third-order valence-corrected chi connectivity index (χ3v) is 1.64. The maximum Gasteiger partial charge on any atom is 0.161 e. The van der Waals surface area contributed by atoms with Gasteiger partial charge in [0.25, 0.3) is 0 Å². The Kier molecular flexibility index (Phi) is 2.60. The van der Waals surface area contributed by atoms with Gasteiger partial charge in [0, 0.05) is 11.8 Å². The van der Waals surface area contributed by atoms with Crippen molar-refractivity contribution in [3.63, 3.8) is 0 Å². The molecule has 2 nitrogen and oxygen atoms in total. The quantitative estimate of drug-likeness (QED) is 0.501. The molecule has 0 atom stereocenters. The number of carbonyl (C=O) groups is 1. The molecule has 58 valence electrons. The highest BCUT2D eigenvalue weighted by atomic mass is 35.5. The molecule has 0 saturated carbocycles. The van der Waals surface area contributed by atoms with Crippen LogP contribution in [-0.2, 0) is 5.88 Å². The molecule has 1 aromatic heterocycles. The van der Waals surface area contributed by atoms with Crippen LogP contribution in [0.5, 0.6) is 0 Å². The van der Waals surface area contributed by atoms with Crippen molar-refractivity contribution in [2.24, 2.45) is 0 Å². The van der Waals surface area contributed by atoms with Crippen molar-refractivity contribution < 1.29 is 4.79 Å². The zero-order valence-electron chi connectivity index (χ0n) is 6.17. The first kappa shape index (κ1) is 8.21. The number of Topliss-reactive ketones (excluding diaryl/α,β-unsaturated/α-hetero) is 1. The number of hydrogen-bond acceptors (Lipinski definition) is 2. The topological polar surface area (TPSA) is 30.0 Å². The Labute approximate surface area is 70.2 Å². The van der Waals surface area contributed by atoms with Gasteiger partial charge in [-0.1, -0.05) is 0 Å². The first-order valence-corrected chi connectivity index (χ1v) is 3.79. The summed E-state index contributed by atoms with van der Waals surface area (Å²) in [5, 5.41) is 0. The summed E-state index contributed by atoms with van der Waals surface area (Å²) in [7, 11) is 0. The Hall–Kier alpha value is -0.890. The van der Waals surface area contributed by atoms with E-state index < -0.39 is 0 Å². The first-order valence-electron chi connectivity index (χ1n) is 3.26. The van der Waals surface area contributed by atoms with Gasteiger partial charge in [-0.15, -0.1) is 11.6 Å². The number of aromatic nitrogens is 1. The van der Waals surface area contributed by atoms with Gasteiger partial charge in [0.05, 0.1) is 11.6 Å². The molecule has 0 unspecified atom stereocenters. The summed E-state index contributed by atoms with van der Waals surface area (Å²) in [6.45, 7) is 1.51. The molecule has 1 rings (SSSR count). The van der Waals surface area contributed by atoms with E-state index in [1.165, 1.54) is 6.92 Å². The number of hydrogen-bond donors (Lipinski definition) is 0. The Balaban J connectivity index is 2.91. The van der Waals surface area contributed by atoms with Gasteiger partial charge in [-0.25, -0.2) is 0 Å². The van der Waals surface area contributed by atoms with Gasteiger partial charge in [0.15, 0.2) is 5.78 Å². The lowest BCUT2D eigenvalue weighted by molar-refractivity contribution is 0.101. The molecule has 0 aromatic carbocycles. The second kappa shape index (κ2) is 3.49. The maximum absolute atomic E-state index is 10.8. The van der Waals surface area contributed by atoms with E-state index in [0.29, 0.717) is 11.4 Å². The largest absolute Gasteiger partial charge is 0.294 e. The van der Waals surface area contributed by atoms with Crippen LogP contribution in [0.4, 0.5) is 0 Å². The smallest absolute Gasteiger partial charge is 0.161 e. The van der Waals surface area contributed by atoms with E-state index in [-0.39, 0.29) is 5.78 Å². The van der Waals surface area contributed by atoms with Gasteiger partial charge < -0.3 is 0 Å². The standard InChI is InChI=1S/C8H8ClNO/c1-6(11)7-2-3-8(4-9)10-5-7/h2-3,5H,4H2,1H3. The summed E-state index contributed by atoms with van der Waals surface area (Å²) in [4.78, 5) is 14.7. The molecule has 11 heavy (non-hydrogen) atoms. The zero-order chi connectivity index (χ0) is 8.27. The van der Waals surface area contributed by atoms with Crippen LogP contribution >= 0.6 is 11.6 Å². The van der Waals surface area contributed by atoms with E-state index in [2.05, 4.69) is 4.98 Å². The molecular formula is C8H8ClNO. The number of nitrogens with zero attached hydrogens (tertiary/aromatic N) is 1. The molecule has 0 spiro atoms. The minimum Gasteiger partial charge on any atom is -0.294 e. The minimum absolute atomic E-state index is 0.0265. The van der Waals surface area contributed by atoms with E-state index in [1.54, 1.807) is 18.3 Å². The Bertz CT molecular complexity index is 255. The highest BCUT2D eigenvalue weighted by molar-refractivity contribution is 6.16. The van der Waals surface area contributed by atoms with Crippen molar-refractivity contribution in [1.82, 2.24) is 4.98 Å². The average Bonchev–Trinajstić information content (AvgIpc) is 2.05. The summed E-state index contributed by atoms with van der Waals surface area (Å²) < 4.78 is 0.